The van der Waals surface area contributed by atoms with Crippen molar-refractivity contribution >= 4 is 29.3 Å². The van der Waals surface area contributed by atoms with E-state index in [2.05, 4.69) is 5.32 Å². The van der Waals surface area contributed by atoms with Gasteiger partial charge in [-0.3, -0.25) is 4.79 Å². The van der Waals surface area contributed by atoms with E-state index in [1.807, 2.05) is 30.3 Å². The van der Waals surface area contributed by atoms with Crippen LogP contribution in [-0.2, 0) is 11.5 Å². The van der Waals surface area contributed by atoms with Gasteiger partial charge in [-0.05, 0) is 42.7 Å². The van der Waals surface area contributed by atoms with Crippen LogP contribution < -0.4 is 5.32 Å². The Hall–Kier alpha value is -1.39. The standard InChI is InChI=1S/C18H20ClNO2S/c19-14-7-5-13(6-8-14)11-23-12-16-9-10-17(22-16)18(21)20-15-3-1-2-4-15/h5-10,15H,1-4,11-12H2,(H,20,21). The Bertz CT molecular complexity index is 647. The number of halogens is 1. The normalized spacial score (nSPS) is 15.0. The van der Waals surface area contributed by atoms with Gasteiger partial charge in [0.15, 0.2) is 5.76 Å². The van der Waals surface area contributed by atoms with Crippen molar-refractivity contribution in [3.05, 3.63) is 58.5 Å². The van der Waals surface area contributed by atoms with Gasteiger partial charge in [0, 0.05) is 16.8 Å². The maximum atomic E-state index is 12.1. The number of hydrogen-bond acceptors (Lipinski definition) is 3. The van der Waals surface area contributed by atoms with E-state index in [-0.39, 0.29) is 5.91 Å². The summed E-state index contributed by atoms with van der Waals surface area (Å²) in [5, 5.41) is 3.80. The number of benzene rings is 1. The molecule has 1 aliphatic rings. The Morgan fingerprint density at radius 2 is 1.87 bits per heavy atom. The van der Waals surface area contributed by atoms with Crippen LogP contribution in [0.4, 0.5) is 0 Å². The zero-order chi connectivity index (χ0) is 16.1. The molecule has 1 amide bonds. The fourth-order valence-electron chi connectivity index (χ4n) is 2.75. The fraction of sp³-hybridized carbons (Fsp3) is 0.389. The Balaban J connectivity index is 1.46. The van der Waals surface area contributed by atoms with Gasteiger partial charge >= 0.3 is 0 Å². The van der Waals surface area contributed by atoms with Gasteiger partial charge < -0.3 is 9.73 Å². The molecule has 3 rings (SSSR count). The molecule has 1 aromatic carbocycles. The van der Waals surface area contributed by atoms with Gasteiger partial charge in [-0.25, -0.2) is 0 Å². The fourth-order valence-corrected chi connectivity index (χ4v) is 3.77. The van der Waals surface area contributed by atoms with Crippen molar-refractivity contribution in [1.29, 1.82) is 0 Å². The first-order chi connectivity index (χ1) is 11.2. The van der Waals surface area contributed by atoms with Crippen LogP contribution in [0.2, 0.25) is 5.02 Å². The van der Waals surface area contributed by atoms with Crippen molar-refractivity contribution in [2.45, 2.75) is 43.2 Å². The Morgan fingerprint density at radius 3 is 2.61 bits per heavy atom. The van der Waals surface area contributed by atoms with Crippen LogP contribution in [-0.4, -0.2) is 11.9 Å². The lowest BCUT2D eigenvalue weighted by Gasteiger charge is -2.09. The molecule has 1 saturated carbocycles. The number of hydrogen-bond donors (Lipinski definition) is 1. The average Bonchev–Trinajstić information content (AvgIpc) is 3.21. The molecule has 3 nitrogen and oxygen atoms in total. The predicted octanol–water partition coefficient (Wildman–Crippen LogP) is 5.04. The van der Waals surface area contributed by atoms with E-state index in [9.17, 15) is 4.79 Å². The molecule has 1 fully saturated rings. The number of nitrogens with one attached hydrogen (secondary N) is 1. The second kappa shape index (κ2) is 7.93. The molecule has 0 unspecified atom stereocenters. The largest absolute Gasteiger partial charge is 0.455 e. The molecule has 2 aromatic rings. The summed E-state index contributed by atoms with van der Waals surface area (Å²) in [6.07, 6.45) is 4.57. The number of furan rings is 1. The highest BCUT2D eigenvalue weighted by atomic mass is 35.5. The molecular formula is C18H20ClNO2S. The van der Waals surface area contributed by atoms with E-state index in [0.717, 1.165) is 35.1 Å². The molecule has 23 heavy (non-hydrogen) atoms. The number of carbonyl (C=O) groups is 1. The molecule has 0 atom stereocenters. The highest BCUT2D eigenvalue weighted by Crippen LogP contribution is 2.22. The third-order valence-electron chi connectivity index (χ3n) is 4.00. The van der Waals surface area contributed by atoms with Crippen molar-refractivity contribution in [3.63, 3.8) is 0 Å². The van der Waals surface area contributed by atoms with Crippen molar-refractivity contribution in [2.75, 3.05) is 0 Å². The zero-order valence-electron chi connectivity index (χ0n) is 12.9. The van der Waals surface area contributed by atoms with Gasteiger partial charge in [0.05, 0.1) is 5.75 Å². The molecule has 1 aliphatic carbocycles. The summed E-state index contributed by atoms with van der Waals surface area (Å²) in [7, 11) is 0. The van der Waals surface area contributed by atoms with Crippen LogP contribution in [0.15, 0.2) is 40.8 Å². The van der Waals surface area contributed by atoms with Gasteiger partial charge in [0.25, 0.3) is 5.91 Å². The molecule has 0 saturated heterocycles. The van der Waals surface area contributed by atoms with Gasteiger partial charge in [0.2, 0.25) is 0 Å². The maximum Gasteiger partial charge on any atom is 0.287 e. The monoisotopic (exact) mass is 349 g/mol. The molecule has 0 spiro atoms. The van der Waals surface area contributed by atoms with Crippen molar-refractivity contribution < 1.29 is 9.21 Å². The third kappa shape index (κ3) is 4.79. The molecule has 122 valence electrons. The van der Waals surface area contributed by atoms with Crippen LogP contribution >= 0.6 is 23.4 Å². The Labute approximate surface area is 145 Å². The lowest BCUT2D eigenvalue weighted by atomic mass is 10.2. The van der Waals surface area contributed by atoms with E-state index in [4.69, 9.17) is 16.0 Å². The lowest BCUT2D eigenvalue weighted by molar-refractivity contribution is 0.0908. The van der Waals surface area contributed by atoms with Crippen molar-refractivity contribution in [2.24, 2.45) is 0 Å². The smallest absolute Gasteiger partial charge is 0.287 e. The van der Waals surface area contributed by atoms with E-state index >= 15 is 0 Å². The Kier molecular flexibility index (Phi) is 5.68. The van der Waals surface area contributed by atoms with E-state index in [1.165, 1.54) is 18.4 Å². The molecule has 0 bridgehead atoms. The summed E-state index contributed by atoms with van der Waals surface area (Å²) in [6, 6.07) is 11.8. The zero-order valence-corrected chi connectivity index (χ0v) is 14.5. The summed E-state index contributed by atoms with van der Waals surface area (Å²) < 4.78 is 5.66. The molecular weight excluding hydrogens is 330 g/mol. The maximum absolute atomic E-state index is 12.1. The minimum atomic E-state index is -0.0918. The van der Waals surface area contributed by atoms with Crippen LogP contribution in [0.3, 0.4) is 0 Å². The Morgan fingerprint density at radius 1 is 1.13 bits per heavy atom. The first-order valence-corrected chi connectivity index (χ1v) is 9.46. The van der Waals surface area contributed by atoms with E-state index in [1.54, 1.807) is 17.8 Å². The van der Waals surface area contributed by atoms with Gasteiger partial charge in [-0.15, -0.1) is 11.8 Å². The second-order valence-electron chi connectivity index (χ2n) is 5.84. The average molecular weight is 350 g/mol. The summed E-state index contributed by atoms with van der Waals surface area (Å²) >= 11 is 7.63. The van der Waals surface area contributed by atoms with Crippen molar-refractivity contribution in [1.82, 2.24) is 5.32 Å². The first-order valence-electron chi connectivity index (χ1n) is 7.92. The van der Waals surface area contributed by atoms with Gasteiger partial charge in [0.1, 0.15) is 5.76 Å². The van der Waals surface area contributed by atoms with Crippen LogP contribution in [0, 0.1) is 0 Å². The van der Waals surface area contributed by atoms with Gasteiger partial charge in [-0.1, -0.05) is 36.6 Å². The second-order valence-corrected chi connectivity index (χ2v) is 7.26. The topological polar surface area (TPSA) is 42.2 Å². The quantitative estimate of drug-likeness (QED) is 0.794. The summed E-state index contributed by atoms with van der Waals surface area (Å²) in [5.74, 6) is 2.80. The number of amides is 1. The predicted molar refractivity (Wildman–Crippen MR) is 94.9 cm³/mol. The number of carbonyl (C=O) groups excluding carboxylic acids is 1. The molecule has 5 heteroatoms. The minimum Gasteiger partial charge on any atom is -0.455 e. The van der Waals surface area contributed by atoms with E-state index in [0.29, 0.717) is 11.8 Å². The van der Waals surface area contributed by atoms with Crippen LogP contribution in [0.25, 0.3) is 0 Å². The molecule has 0 aliphatic heterocycles. The number of rotatable bonds is 6. The minimum absolute atomic E-state index is 0.0918. The molecule has 0 radical (unpaired) electrons. The summed E-state index contributed by atoms with van der Waals surface area (Å²) in [6.45, 7) is 0. The molecule has 1 N–H and O–H groups in total. The highest BCUT2D eigenvalue weighted by molar-refractivity contribution is 7.97. The number of thioether (sulfide) groups is 1. The SMILES string of the molecule is O=C(NC1CCCC1)c1ccc(CSCc2ccc(Cl)cc2)o1. The van der Waals surface area contributed by atoms with E-state index < -0.39 is 0 Å². The lowest BCUT2D eigenvalue weighted by Crippen LogP contribution is -2.32. The third-order valence-corrected chi connectivity index (χ3v) is 5.28. The first kappa shape index (κ1) is 16.5. The van der Waals surface area contributed by atoms with Gasteiger partial charge in [-0.2, -0.15) is 0 Å². The highest BCUT2D eigenvalue weighted by Gasteiger charge is 2.19. The summed E-state index contributed by atoms with van der Waals surface area (Å²) in [5.41, 5.74) is 1.23. The van der Waals surface area contributed by atoms with Crippen LogP contribution in [0.1, 0.15) is 47.6 Å². The molecule has 1 aromatic heterocycles. The summed E-state index contributed by atoms with van der Waals surface area (Å²) in [4.78, 5) is 12.1. The molecule has 1 heterocycles. The van der Waals surface area contributed by atoms with Crippen molar-refractivity contribution in [3.8, 4) is 0 Å². The van der Waals surface area contributed by atoms with Crippen LogP contribution in [0.5, 0.6) is 0 Å².